The van der Waals surface area contributed by atoms with Crippen molar-refractivity contribution in [2.45, 2.75) is 13.5 Å². The molecular formula is C17H12F2N4. The maximum atomic E-state index is 14.6. The van der Waals surface area contributed by atoms with Crippen LogP contribution >= 0.6 is 0 Å². The van der Waals surface area contributed by atoms with Crippen molar-refractivity contribution in [1.29, 1.82) is 0 Å². The van der Waals surface area contributed by atoms with Crippen LogP contribution in [-0.4, -0.2) is 20.5 Å². The molecule has 114 valence electrons. The fraction of sp³-hybridized carbons (Fsp3) is 0.118. The highest BCUT2D eigenvalue weighted by Gasteiger charge is 2.25. The highest BCUT2D eigenvalue weighted by atomic mass is 19.1. The number of fused-ring (bicyclic) bond motifs is 3. The minimum absolute atomic E-state index is 0.207. The number of aromatic nitrogens is 3. The number of aryl methyl sites for hydroxylation is 1. The van der Waals surface area contributed by atoms with Gasteiger partial charge in [0.15, 0.2) is 5.82 Å². The Labute approximate surface area is 131 Å². The zero-order valence-electron chi connectivity index (χ0n) is 12.3. The van der Waals surface area contributed by atoms with Gasteiger partial charge in [0.25, 0.3) is 0 Å². The van der Waals surface area contributed by atoms with E-state index in [1.807, 2.05) is 0 Å². The van der Waals surface area contributed by atoms with Gasteiger partial charge in [0, 0.05) is 5.56 Å². The van der Waals surface area contributed by atoms with Gasteiger partial charge in [-0.05, 0) is 31.2 Å². The molecule has 1 aromatic heterocycles. The van der Waals surface area contributed by atoms with Crippen LogP contribution < -0.4 is 0 Å². The zero-order chi connectivity index (χ0) is 16.0. The summed E-state index contributed by atoms with van der Waals surface area (Å²) in [6.45, 7) is 2.00. The molecule has 6 heteroatoms. The molecule has 0 bridgehead atoms. The molecule has 1 aliphatic heterocycles. The summed E-state index contributed by atoms with van der Waals surface area (Å²) in [6.07, 6.45) is 0. The van der Waals surface area contributed by atoms with Crippen LogP contribution in [-0.2, 0) is 6.54 Å². The van der Waals surface area contributed by atoms with E-state index in [0.29, 0.717) is 23.0 Å². The van der Waals surface area contributed by atoms with Crippen molar-refractivity contribution in [2.24, 2.45) is 4.99 Å². The largest absolute Gasteiger partial charge is 0.281 e. The van der Waals surface area contributed by atoms with Crippen LogP contribution in [0.2, 0.25) is 0 Å². The molecule has 23 heavy (non-hydrogen) atoms. The lowest BCUT2D eigenvalue weighted by atomic mass is 9.99. The Kier molecular flexibility index (Phi) is 3.04. The molecule has 3 aromatic rings. The second-order valence-electron chi connectivity index (χ2n) is 5.28. The van der Waals surface area contributed by atoms with E-state index < -0.39 is 11.6 Å². The normalized spacial score (nSPS) is 13.1. The first kappa shape index (κ1) is 13.8. The molecule has 4 rings (SSSR count). The Morgan fingerprint density at radius 1 is 0.957 bits per heavy atom. The quantitative estimate of drug-likeness (QED) is 0.693. The van der Waals surface area contributed by atoms with Crippen molar-refractivity contribution in [3.8, 4) is 5.69 Å². The molecule has 0 saturated heterocycles. The lowest BCUT2D eigenvalue weighted by molar-refractivity contribution is 0.619. The van der Waals surface area contributed by atoms with Crippen LogP contribution in [0.3, 0.4) is 0 Å². The van der Waals surface area contributed by atoms with Crippen molar-refractivity contribution in [3.63, 3.8) is 0 Å². The summed E-state index contributed by atoms with van der Waals surface area (Å²) >= 11 is 0. The Morgan fingerprint density at radius 2 is 1.74 bits per heavy atom. The average molecular weight is 310 g/mol. The first-order valence-corrected chi connectivity index (χ1v) is 7.16. The molecule has 0 N–H and O–H groups in total. The second kappa shape index (κ2) is 5.08. The predicted octanol–water partition coefficient (Wildman–Crippen LogP) is 3.20. The monoisotopic (exact) mass is 310 g/mol. The Balaban J connectivity index is 2.05. The summed E-state index contributed by atoms with van der Waals surface area (Å²) in [5.41, 5.74) is 1.40. The number of hydrogen-bond acceptors (Lipinski definition) is 3. The SMILES string of the molecule is Cc1nnc2n1-c1cccc(F)c1C(c1ccccc1F)=NC2. The smallest absolute Gasteiger partial charge is 0.159 e. The van der Waals surface area contributed by atoms with Gasteiger partial charge in [0.05, 0.1) is 17.0 Å². The summed E-state index contributed by atoms with van der Waals surface area (Å²) in [5.74, 6) is 0.345. The van der Waals surface area contributed by atoms with Gasteiger partial charge in [-0.2, -0.15) is 0 Å². The Bertz CT molecular complexity index is 944. The lowest BCUT2D eigenvalue weighted by Crippen LogP contribution is -2.12. The van der Waals surface area contributed by atoms with Crippen molar-refractivity contribution < 1.29 is 8.78 Å². The lowest BCUT2D eigenvalue weighted by Gasteiger charge is -2.13. The van der Waals surface area contributed by atoms with E-state index in [9.17, 15) is 8.78 Å². The van der Waals surface area contributed by atoms with E-state index in [0.717, 1.165) is 0 Å². The molecule has 0 radical (unpaired) electrons. The van der Waals surface area contributed by atoms with Crippen LogP contribution in [0.25, 0.3) is 5.69 Å². The molecule has 0 amide bonds. The van der Waals surface area contributed by atoms with Crippen LogP contribution in [0.1, 0.15) is 22.8 Å². The first-order valence-electron chi connectivity index (χ1n) is 7.16. The molecule has 0 fully saturated rings. The third kappa shape index (κ3) is 2.06. The number of benzene rings is 2. The van der Waals surface area contributed by atoms with E-state index in [4.69, 9.17) is 0 Å². The van der Waals surface area contributed by atoms with Gasteiger partial charge in [-0.3, -0.25) is 9.56 Å². The second-order valence-corrected chi connectivity index (χ2v) is 5.28. The molecule has 0 saturated carbocycles. The standard InChI is InChI=1S/C17H12F2N4/c1-10-21-22-15-9-20-17(11-5-2-3-6-12(11)18)16-13(19)7-4-8-14(16)23(10)15/h2-8H,9H2,1H3. The summed E-state index contributed by atoms with van der Waals surface area (Å²) in [5, 5.41) is 8.12. The molecule has 1 aliphatic rings. The highest BCUT2D eigenvalue weighted by Crippen LogP contribution is 2.28. The van der Waals surface area contributed by atoms with E-state index in [-0.39, 0.29) is 17.7 Å². The third-order valence-electron chi connectivity index (χ3n) is 3.87. The minimum atomic E-state index is -0.453. The van der Waals surface area contributed by atoms with E-state index in [2.05, 4.69) is 15.2 Å². The fourth-order valence-electron chi connectivity index (χ4n) is 2.86. The molecule has 2 heterocycles. The van der Waals surface area contributed by atoms with Crippen molar-refractivity contribution in [3.05, 3.63) is 76.9 Å². The maximum absolute atomic E-state index is 14.6. The van der Waals surface area contributed by atoms with E-state index >= 15 is 0 Å². The summed E-state index contributed by atoms with van der Waals surface area (Å²) in [4.78, 5) is 4.42. The van der Waals surface area contributed by atoms with Crippen molar-refractivity contribution in [2.75, 3.05) is 0 Å². The van der Waals surface area contributed by atoms with Crippen molar-refractivity contribution >= 4 is 5.71 Å². The summed E-state index contributed by atoms with van der Waals surface area (Å²) < 4.78 is 30.6. The average Bonchev–Trinajstić information content (AvgIpc) is 2.82. The van der Waals surface area contributed by atoms with Gasteiger partial charge in [0.1, 0.15) is 24.0 Å². The van der Waals surface area contributed by atoms with Crippen LogP contribution in [0.15, 0.2) is 47.5 Å². The molecule has 4 nitrogen and oxygen atoms in total. The first-order chi connectivity index (χ1) is 11.2. The third-order valence-corrected chi connectivity index (χ3v) is 3.87. The Hall–Kier alpha value is -2.89. The number of nitrogens with zero attached hydrogens (tertiary/aromatic N) is 4. The Morgan fingerprint density at radius 3 is 2.57 bits per heavy atom. The van der Waals surface area contributed by atoms with Crippen LogP contribution in [0.4, 0.5) is 8.78 Å². The molecule has 2 aromatic carbocycles. The van der Waals surface area contributed by atoms with Gasteiger partial charge >= 0.3 is 0 Å². The van der Waals surface area contributed by atoms with Gasteiger partial charge in [-0.1, -0.05) is 18.2 Å². The fourth-order valence-corrected chi connectivity index (χ4v) is 2.86. The maximum Gasteiger partial charge on any atom is 0.159 e. The molecule has 0 spiro atoms. The van der Waals surface area contributed by atoms with Gasteiger partial charge in [-0.15, -0.1) is 10.2 Å². The van der Waals surface area contributed by atoms with E-state index in [1.54, 1.807) is 41.8 Å². The van der Waals surface area contributed by atoms with Crippen LogP contribution in [0.5, 0.6) is 0 Å². The topological polar surface area (TPSA) is 43.1 Å². The number of rotatable bonds is 1. The summed E-state index contributed by atoms with van der Waals surface area (Å²) in [6, 6.07) is 11.0. The molecule has 0 unspecified atom stereocenters. The zero-order valence-corrected chi connectivity index (χ0v) is 12.3. The van der Waals surface area contributed by atoms with Gasteiger partial charge in [-0.25, -0.2) is 8.78 Å². The molecule has 0 atom stereocenters. The number of aliphatic imine (C=N–C) groups is 1. The van der Waals surface area contributed by atoms with Crippen molar-refractivity contribution in [1.82, 2.24) is 14.8 Å². The number of halogens is 2. The molecule has 0 aliphatic carbocycles. The summed E-state index contributed by atoms with van der Waals surface area (Å²) in [7, 11) is 0. The highest BCUT2D eigenvalue weighted by molar-refractivity contribution is 6.15. The number of hydrogen-bond donors (Lipinski definition) is 0. The van der Waals surface area contributed by atoms with E-state index in [1.165, 1.54) is 12.1 Å². The van der Waals surface area contributed by atoms with Gasteiger partial charge < -0.3 is 0 Å². The molecular weight excluding hydrogens is 298 g/mol. The predicted molar refractivity (Wildman–Crippen MR) is 81.8 cm³/mol. The van der Waals surface area contributed by atoms with Crippen LogP contribution in [0, 0.1) is 18.6 Å². The minimum Gasteiger partial charge on any atom is -0.281 e. The van der Waals surface area contributed by atoms with Gasteiger partial charge in [0.2, 0.25) is 0 Å².